The van der Waals surface area contributed by atoms with E-state index in [0.717, 1.165) is 29.9 Å². The van der Waals surface area contributed by atoms with Crippen LogP contribution >= 0.6 is 0 Å². The molecule has 9 aromatic rings. The molecule has 75 heavy (non-hydrogen) atoms. The maximum Gasteiger partial charge on any atom is 0.198 e. The Kier molecular flexibility index (Phi) is 9.37. The van der Waals surface area contributed by atoms with E-state index in [0.29, 0.717) is 0 Å². The van der Waals surface area contributed by atoms with Crippen molar-refractivity contribution < 1.29 is 0 Å². The quantitative estimate of drug-likeness (QED) is 0.177. The van der Waals surface area contributed by atoms with Crippen LogP contribution in [0.1, 0.15) is 139 Å². The van der Waals surface area contributed by atoms with Gasteiger partial charge in [0.25, 0.3) is 0 Å². The second kappa shape index (κ2) is 15.2. The van der Waals surface area contributed by atoms with Crippen molar-refractivity contribution in [2.45, 2.75) is 116 Å². The van der Waals surface area contributed by atoms with Crippen LogP contribution in [0.2, 0.25) is 0 Å². The summed E-state index contributed by atoms with van der Waals surface area (Å²) in [5.74, 6) is 0. The summed E-state index contributed by atoms with van der Waals surface area (Å²) in [6, 6.07) is 54.3. The molecule has 0 atom stereocenters. The Bertz CT molecular complexity index is 4050. The second-order valence-corrected chi connectivity index (χ2v) is 26.3. The van der Waals surface area contributed by atoms with Crippen molar-refractivity contribution in [3.63, 3.8) is 0 Å². The molecule has 5 aliphatic rings. The van der Waals surface area contributed by atoms with E-state index in [4.69, 9.17) is 6.58 Å². The van der Waals surface area contributed by atoms with Crippen LogP contribution in [0.4, 0.5) is 17.1 Å². The predicted molar refractivity (Wildman–Crippen MR) is 323 cm³/mol. The van der Waals surface area contributed by atoms with Gasteiger partial charge in [-0.15, -0.1) is 0 Å². The topological polar surface area (TPSA) is 20.2 Å². The van der Waals surface area contributed by atoms with Gasteiger partial charge in [0, 0.05) is 68.1 Å². The van der Waals surface area contributed by atoms with Crippen LogP contribution in [-0.2, 0) is 27.1 Å². The number of aromatic nitrogens is 1. The fourth-order valence-electron chi connectivity index (χ4n) is 14.5. The lowest BCUT2D eigenvalue weighted by Gasteiger charge is -2.42. The summed E-state index contributed by atoms with van der Waals surface area (Å²) in [4.78, 5) is 2.38. The highest BCUT2D eigenvalue weighted by Gasteiger charge is 2.44. The third-order valence-corrected chi connectivity index (χ3v) is 19.1. The number of allylic oxidation sites excluding steroid dienone is 2. The second-order valence-electron chi connectivity index (χ2n) is 26.3. The minimum Gasteiger partial charge on any atom is -0.355 e. The van der Waals surface area contributed by atoms with Crippen molar-refractivity contribution in [2.75, 3.05) is 17.3 Å². The average Bonchev–Trinajstić information content (AvgIpc) is 3.96. The van der Waals surface area contributed by atoms with Crippen molar-refractivity contribution in [2.24, 2.45) is 0 Å². The van der Waals surface area contributed by atoms with Gasteiger partial charge in [0.1, 0.15) is 0 Å². The smallest absolute Gasteiger partial charge is 0.198 e. The maximum atomic E-state index is 4.74. The highest BCUT2D eigenvalue weighted by atomic mass is 15.1. The Morgan fingerprint density at radius 1 is 0.533 bits per heavy atom. The molecule has 3 aliphatic carbocycles. The molecule has 0 unspecified atom stereocenters. The fraction of sp³-hybridized carbons (Fsp3) is 0.268. The van der Waals surface area contributed by atoms with Crippen LogP contribution < -0.4 is 21.1 Å². The molecule has 8 aromatic carbocycles. The molecule has 0 amide bonds. The van der Waals surface area contributed by atoms with Gasteiger partial charge in [0.15, 0.2) is 7.28 Å². The van der Waals surface area contributed by atoms with Gasteiger partial charge in [0.05, 0.1) is 11.2 Å². The molecular weight excluding hydrogens is 906 g/mol. The Balaban J connectivity index is 1.04. The highest BCUT2D eigenvalue weighted by molar-refractivity contribution is 6.73. The molecule has 3 nitrogen and oxygen atoms in total. The van der Waals surface area contributed by atoms with Crippen molar-refractivity contribution in [3.05, 3.63) is 202 Å². The van der Waals surface area contributed by atoms with E-state index < -0.39 is 0 Å². The lowest BCUT2D eigenvalue weighted by atomic mass is 9.58. The van der Waals surface area contributed by atoms with Gasteiger partial charge in [-0.2, -0.15) is 0 Å². The van der Waals surface area contributed by atoms with Crippen LogP contribution in [0.25, 0.3) is 72.1 Å². The van der Waals surface area contributed by atoms with E-state index in [1.54, 1.807) is 0 Å². The van der Waals surface area contributed by atoms with E-state index >= 15 is 0 Å². The van der Waals surface area contributed by atoms with Crippen LogP contribution in [-0.4, -0.2) is 18.9 Å². The maximum absolute atomic E-state index is 4.74. The van der Waals surface area contributed by atoms with E-state index in [1.165, 1.54) is 140 Å². The zero-order valence-electron chi connectivity index (χ0n) is 46.1. The molecule has 370 valence electrons. The number of nitrogens with one attached hydrogen (secondary N) is 1. The number of benzene rings is 8. The summed E-state index contributed by atoms with van der Waals surface area (Å²) in [7, 11) is 3.01. The molecule has 0 saturated heterocycles. The molecule has 2 aliphatic heterocycles. The monoisotopic (exact) mass is 974 g/mol. The Labute approximate surface area is 445 Å². The van der Waals surface area contributed by atoms with Crippen molar-refractivity contribution in [3.8, 4) is 39.1 Å². The first-order valence-corrected chi connectivity index (χ1v) is 27.5. The summed E-state index contributed by atoms with van der Waals surface area (Å²) in [6.07, 6.45) is 4.66. The van der Waals surface area contributed by atoms with Crippen molar-refractivity contribution in [1.29, 1.82) is 0 Å². The number of fused-ring (bicyclic) bond motifs is 13. The first-order valence-electron chi connectivity index (χ1n) is 27.5. The van der Waals surface area contributed by atoms with Gasteiger partial charge in [-0.1, -0.05) is 179 Å². The molecular formula is C71H68BN3. The third kappa shape index (κ3) is 6.47. The molecule has 14 rings (SSSR count). The van der Waals surface area contributed by atoms with Crippen LogP contribution in [0.5, 0.6) is 0 Å². The lowest BCUT2D eigenvalue weighted by Crippen LogP contribution is -2.38. The first kappa shape index (κ1) is 46.3. The highest BCUT2D eigenvalue weighted by Crippen LogP contribution is 2.57. The number of nitrogens with zero attached hydrogens (tertiary/aromatic N) is 2. The molecule has 0 radical (unpaired) electrons. The molecule has 1 N–H and O–H groups in total. The molecule has 0 bridgehead atoms. The first-order chi connectivity index (χ1) is 35.6. The number of hydrogen-bond acceptors (Lipinski definition) is 2. The summed E-state index contributed by atoms with van der Waals surface area (Å²) >= 11 is 0. The Morgan fingerprint density at radius 3 is 1.91 bits per heavy atom. The van der Waals surface area contributed by atoms with Crippen LogP contribution in [0, 0.1) is 0 Å². The van der Waals surface area contributed by atoms with Gasteiger partial charge in [0.2, 0.25) is 0 Å². The van der Waals surface area contributed by atoms with Crippen LogP contribution in [0.3, 0.4) is 0 Å². The largest absolute Gasteiger partial charge is 0.355 e. The van der Waals surface area contributed by atoms with E-state index in [-0.39, 0.29) is 27.1 Å². The summed E-state index contributed by atoms with van der Waals surface area (Å²) in [5, 5.41) is 6.69. The average molecular weight is 974 g/mol. The zero-order valence-corrected chi connectivity index (χ0v) is 46.1. The Morgan fingerprint density at radius 2 is 1.17 bits per heavy atom. The minimum atomic E-state index is -0.192. The van der Waals surface area contributed by atoms with E-state index in [2.05, 4.69) is 244 Å². The SMILES string of the molecule is C=C1C=C(c2ccccc2)N(C)c2cc3c(cc21)Bc1c(-c2cc4c(cc2Nc2ccc(C(C)(C)C)cc2)C(C)(C)c2cc5c(cc2-4)C(C)(C)CCC5(C)C)ccc2c4cc5c(cc4n-3c12)C(C)(C)c1ccccc1-5. The Hall–Kier alpha value is -7.30. The summed E-state index contributed by atoms with van der Waals surface area (Å²) in [5.41, 5.74) is 32.4. The van der Waals surface area contributed by atoms with Gasteiger partial charge in [-0.05, 0) is 167 Å². The molecule has 1 aromatic heterocycles. The minimum absolute atomic E-state index is 0.0585. The third-order valence-electron chi connectivity index (χ3n) is 19.1. The number of rotatable bonds is 4. The molecule has 0 fully saturated rings. The fourth-order valence-corrected chi connectivity index (χ4v) is 14.5. The van der Waals surface area contributed by atoms with Gasteiger partial charge in [-0.3, -0.25) is 0 Å². The van der Waals surface area contributed by atoms with Crippen molar-refractivity contribution in [1.82, 2.24) is 4.57 Å². The molecule has 3 heterocycles. The molecule has 0 spiro atoms. The standard InChI is InChI=1S/C71H68BN3/c1-40-31-61(41-19-15-14-16-20-41)74(13)62-39-64-59(35-47(40)62)72-65-45(27-28-46-52-33-48-44-21-17-18-22-53(44)70(9,10)56(48)38-63(52)75(64)66(46)65)51-32-49-50-34-57-58(69(7,8)30-29-68(57,5)6)36-54(50)71(11,12)55(49)37-60(51)73-43-25-23-42(24-26-43)67(2,3)4/h14-28,31-39,72-73H,1,29-30H2,2-13H3. The van der Waals surface area contributed by atoms with Gasteiger partial charge in [-0.25, -0.2) is 0 Å². The van der Waals surface area contributed by atoms with Crippen LogP contribution in [0.15, 0.2) is 152 Å². The van der Waals surface area contributed by atoms with E-state index in [1.807, 2.05) is 0 Å². The van der Waals surface area contributed by atoms with Gasteiger partial charge >= 0.3 is 0 Å². The molecule has 0 saturated carbocycles. The van der Waals surface area contributed by atoms with Crippen molar-refractivity contribution >= 4 is 68.3 Å². The number of hydrogen-bond donors (Lipinski definition) is 1. The predicted octanol–water partition coefficient (Wildman–Crippen LogP) is 16.7. The van der Waals surface area contributed by atoms with E-state index in [9.17, 15) is 0 Å². The molecule has 4 heteroatoms. The van der Waals surface area contributed by atoms with Gasteiger partial charge < -0.3 is 14.8 Å². The summed E-state index contributed by atoms with van der Waals surface area (Å²) in [6.45, 7) is 31.2. The summed E-state index contributed by atoms with van der Waals surface area (Å²) < 4.78 is 2.65. The zero-order chi connectivity index (χ0) is 52.0. The lowest BCUT2D eigenvalue weighted by molar-refractivity contribution is 0.331. The number of anilines is 3. The normalized spacial score (nSPS) is 17.6.